The molecule has 5 heteroatoms. The van der Waals surface area contributed by atoms with E-state index in [0.717, 1.165) is 39.4 Å². The van der Waals surface area contributed by atoms with Gasteiger partial charge in [-0.3, -0.25) is 9.97 Å². The molecule has 0 aliphatic rings. The molecule has 0 atom stereocenters. The van der Waals surface area contributed by atoms with E-state index in [0.29, 0.717) is 11.5 Å². The van der Waals surface area contributed by atoms with Crippen molar-refractivity contribution in [1.82, 2.24) is 9.97 Å². The number of ether oxygens (including phenoxy) is 3. The molecule has 0 spiro atoms. The van der Waals surface area contributed by atoms with Crippen LogP contribution >= 0.6 is 0 Å². The first kappa shape index (κ1) is 22.5. The SMILES string of the molecule is COc1ccc(C#Cc2ccc(-c3ccc(C#Cc4cc(OC)cc(OC)c4)cn3)nc2)cc1. The molecule has 0 bridgehead atoms. The molecule has 0 aliphatic heterocycles. The van der Waals surface area contributed by atoms with Gasteiger partial charge in [-0.25, -0.2) is 0 Å². The maximum absolute atomic E-state index is 5.29. The number of aromatic nitrogens is 2. The first-order valence-corrected chi connectivity index (χ1v) is 10.5. The lowest BCUT2D eigenvalue weighted by Crippen LogP contribution is -1.90. The van der Waals surface area contributed by atoms with Crippen molar-refractivity contribution in [1.29, 1.82) is 0 Å². The van der Waals surface area contributed by atoms with Crippen LogP contribution in [0.25, 0.3) is 11.4 Å². The van der Waals surface area contributed by atoms with Crippen LogP contribution < -0.4 is 14.2 Å². The number of nitrogens with zero attached hydrogens (tertiary/aromatic N) is 2. The third-order valence-electron chi connectivity index (χ3n) is 4.93. The smallest absolute Gasteiger partial charge is 0.123 e. The molecule has 2 aromatic carbocycles. The fourth-order valence-electron chi connectivity index (χ4n) is 3.08. The van der Waals surface area contributed by atoms with Crippen molar-refractivity contribution in [3.63, 3.8) is 0 Å². The summed E-state index contributed by atoms with van der Waals surface area (Å²) in [6, 6.07) is 20.8. The summed E-state index contributed by atoms with van der Waals surface area (Å²) in [4.78, 5) is 9.01. The summed E-state index contributed by atoms with van der Waals surface area (Å²) < 4.78 is 15.7. The number of pyridine rings is 2. The van der Waals surface area contributed by atoms with Crippen molar-refractivity contribution >= 4 is 0 Å². The molecule has 34 heavy (non-hydrogen) atoms. The third-order valence-corrected chi connectivity index (χ3v) is 4.93. The molecule has 0 aliphatic carbocycles. The molecule has 0 unspecified atom stereocenters. The molecule has 4 rings (SSSR count). The summed E-state index contributed by atoms with van der Waals surface area (Å²) in [5.74, 6) is 14.7. The van der Waals surface area contributed by atoms with Crippen molar-refractivity contribution in [2.75, 3.05) is 21.3 Å². The molecule has 0 saturated carbocycles. The number of benzene rings is 2. The van der Waals surface area contributed by atoms with Gasteiger partial charge in [0.2, 0.25) is 0 Å². The van der Waals surface area contributed by atoms with Crippen molar-refractivity contribution < 1.29 is 14.2 Å². The Balaban J connectivity index is 1.46. The Morgan fingerprint density at radius 3 is 1.35 bits per heavy atom. The van der Waals surface area contributed by atoms with Gasteiger partial charge in [0.1, 0.15) is 17.2 Å². The van der Waals surface area contributed by atoms with Crippen LogP contribution in [0.5, 0.6) is 17.2 Å². The van der Waals surface area contributed by atoms with Crippen molar-refractivity contribution in [2.45, 2.75) is 0 Å². The van der Waals surface area contributed by atoms with Crippen LogP contribution in [0, 0.1) is 23.7 Å². The summed E-state index contributed by atoms with van der Waals surface area (Å²) in [6.07, 6.45) is 3.48. The van der Waals surface area contributed by atoms with Crippen molar-refractivity contribution in [3.8, 4) is 52.3 Å². The molecule has 0 radical (unpaired) electrons. The van der Waals surface area contributed by atoms with Gasteiger partial charge in [0, 0.05) is 40.7 Å². The highest BCUT2D eigenvalue weighted by Crippen LogP contribution is 2.22. The summed E-state index contributed by atoms with van der Waals surface area (Å²) in [5.41, 5.74) is 4.88. The second kappa shape index (κ2) is 10.7. The summed E-state index contributed by atoms with van der Waals surface area (Å²) in [5, 5.41) is 0. The van der Waals surface area contributed by atoms with Crippen LogP contribution in [0.1, 0.15) is 22.3 Å². The zero-order chi connectivity index (χ0) is 23.8. The van der Waals surface area contributed by atoms with Crippen LogP contribution in [0.4, 0.5) is 0 Å². The van der Waals surface area contributed by atoms with E-state index in [1.54, 1.807) is 33.7 Å². The van der Waals surface area contributed by atoms with Crippen LogP contribution in [-0.4, -0.2) is 31.3 Å². The molecular formula is C29H22N2O3. The zero-order valence-corrected chi connectivity index (χ0v) is 19.1. The maximum Gasteiger partial charge on any atom is 0.123 e. The van der Waals surface area contributed by atoms with Crippen molar-refractivity contribution in [3.05, 3.63) is 101 Å². The van der Waals surface area contributed by atoms with Gasteiger partial charge in [-0.05, 0) is 60.7 Å². The van der Waals surface area contributed by atoms with Crippen LogP contribution in [0.15, 0.2) is 79.1 Å². The highest BCUT2D eigenvalue weighted by atomic mass is 16.5. The molecule has 2 heterocycles. The molecule has 0 amide bonds. The van der Waals surface area contributed by atoms with Crippen LogP contribution in [0.3, 0.4) is 0 Å². The minimum Gasteiger partial charge on any atom is -0.497 e. The van der Waals surface area contributed by atoms with Gasteiger partial charge in [0.15, 0.2) is 0 Å². The summed E-state index contributed by atoms with van der Waals surface area (Å²) in [7, 11) is 4.87. The average Bonchev–Trinajstić information content (AvgIpc) is 2.91. The molecule has 0 N–H and O–H groups in total. The van der Waals surface area contributed by atoms with E-state index in [-0.39, 0.29) is 0 Å². The number of rotatable bonds is 4. The Morgan fingerprint density at radius 2 is 0.912 bits per heavy atom. The quantitative estimate of drug-likeness (QED) is 0.415. The molecule has 166 valence electrons. The second-order valence-electron chi connectivity index (χ2n) is 7.19. The monoisotopic (exact) mass is 446 g/mol. The lowest BCUT2D eigenvalue weighted by molar-refractivity contribution is 0.394. The maximum atomic E-state index is 5.29. The second-order valence-corrected chi connectivity index (χ2v) is 7.19. The summed E-state index contributed by atoms with van der Waals surface area (Å²) >= 11 is 0. The Morgan fingerprint density at radius 1 is 0.471 bits per heavy atom. The van der Waals surface area contributed by atoms with E-state index in [4.69, 9.17) is 14.2 Å². The first-order chi connectivity index (χ1) is 16.7. The van der Waals surface area contributed by atoms with E-state index < -0.39 is 0 Å². The van der Waals surface area contributed by atoms with Gasteiger partial charge in [0.25, 0.3) is 0 Å². The number of methoxy groups -OCH3 is 3. The Hall–Kier alpha value is -4.74. The molecule has 4 aromatic rings. The van der Waals surface area contributed by atoms with E-state index in [2.05, 4.69) is 33.6 Å². The van der Waals surface area contributed by atoms with Gasteiger partial charge in [-0.15, -0.1) is 0 Å². The highest BCUT2D eigenvalue weighted by molar-refractivity contribution is 5.57. The number of hydrogen-bond acceptors (Lipinski definition) is 5. The van der Waals surface area contributed by atoms with Gasteiger partial charge in [-0.2, -0.15) is 0 Å². The van der Waals surface area contributed by atoms with E-state index >= 15 is 0 Å². The molecule has 0 saturated heterocycles. The molecule has 2 aromatic heterocycles. The molecular weight excluding hydrogens is 424 g/mol. The minimum absolute atomic E-state index is 0.695. The normalized spacial score (nSPS) is 9.74. The third kappa shape index (κ3) is 5.73. The van der Waals surface area contributed by atoms with E-state index in [1.807, 2.05) is 66.7 Å². The van der Waals surface area contributed by atoms with Gasteiger partial charge >= 0.3 is 0 Å². The van der Waals surface area contributed by atoms with Crippen LogP contribution in [-0.2, 0) is 0 Å². The van der Waals surface area contributed by atoms with Crippen LogP contribution in [0.2, 0.25) is 0 Å². The Bertz CT molecular complexity index is 1360. The average molecular weight is 447 g/mol. The Labute approximate surface area is 199 Å². The number of hydrogen-bond donors (Lipinski definition) is 0. The van der Waals surface area contributed by atoms with Gasteiger partial charge < -0.3 is 14.2 Å². The van der Waals surface area contributed by atoms with E-state index in [9.17, 15) is 0 Å². The van der Waals surface area contributed by atoms with Gasteiger partial charge in [0.05, 0.1) is 32.7 Å². The minimum atomic E-state index is 0.695. The lowest BCUT2D eigenvalue weighted by Gasteiger charge is -2.04. The summed E-state index contributed by atoms with van der Waals surface area (Å²) in [6.45, 7) is 0. The standard InChI is InChI=1S/C29H22N2O3/c1-32-25-12-8-21(9-13-25)4-5-22-10-14-28(30-19-22)29-15-11-23(20-31-29)6-7-24-16-26(33-2)18-27(17-24)34-3/h8-20H,1-3H3. The highest BCUT2D eigenvalue weighted by Gasteiger charge is 2.02. The zero-order valence-electron chi connectivity index (χ0n) is 19.1. The first-order valence-electron chi connectivity index (χ1n) is 10.5. The Kier molecular flexibility index (Phi) is 7.08. The predicted octanol–water partition coefficient (Wildman–Crippen LogP) is 4.97. The predicted molar refractivity (Wildman–Crippen MR) is 132 cm³/mol. The fourth-order valence-corrected chi connectivity index (χ4v) is 3.08. The largest absolute Gasteiger partial charge is 0.497 e. The molecule has 0 fully saturated rings. The fraction of sp³-hybridized carbons (Fsp3) is 0.103. The van der Waals surface area contributed by atoms with Gasteiger partial charge in [-0.1, -0.05) is 23.7 Å². The van der Waals surface area contributed by atoms with E-state index in [1.165, 1.54) is 0 Å². The topological polar surface area (TPSA) is 53.5 Å². The van der Waals surface area contributed by atoms with Crippen molar-refractivity contribution in [2.24, 2.45) is 0 Å². The lowest BCUT2D eigenvalue weighted by atomic mass is 10.1. The molecule has 5 nitrogen and oxygen atoms in total.